The Morgan fingerprint density at radius 2 is 1.32 bits per heavy atom. The van der Waals surface area contributed by atoms with Crippen LogP contribution in [0.1, 0.15) is 0 Å². The van der Waals surface area contributed by atoms with E-state index in [4.69, 9.17) is 0 Å². The number of nitrogens with zero attached hydrogens (tertiary/aromatic N) is 3. The molecule has 0 spiro atoms. The van der Waals surface area contributed by atoms with E-state index in [1.165, 1.54) is 0 Å². The first-order valence-corrected chi connectivity index (χ1v) is 5.71. The van der Waals surface area contributed by atoms with Gasteiger partial charge in [-0.1, -0.05) is 12.1 Å². The Morgan fingerprint density at radius 3 is 1.95 bits per heavy atom. The van der Waals surface area contributed by atoms with Crippen molar-refractivity contribution >= 4 is 0 Å². The van der Waals surface area contributed by atoms with E-state index in [0.717, 1.165) is 22.4 Å². The van der Waals surface area contributed by atoms with Crippen molar-refractivity contribution < 1.29 is 26.2 Å². The third kappa shape index (κ3) is 3.02. The van der Waals surface area contributed by atoms with Crippen molar-refractivity contribution in [2.75, 3.05) is 0 Å². The molecule has 3 nitrogen and oxygen atoms in total. The van der Waals surface area contributed by atoms with Crippen molar-refractivity contribution in [2.24, 2.45) is 0 Å². The van der Waals surface area contributed by atoms with Gasteiger partial charge in [-0.2, -0.15) is 0 Å². The molecule has 0 bridgehead atoms. The molecule has 0 aromatic carbocycles. The first-order chi connectivity index (χ1) is 8.95. The zero-order valence-corrected chi connectivity index (χ0v) is 12.7. The summed E-state index contributed by atoms with van der Waals surface area (Å²) >= 11 is 0. The van der Waals surface area contributed by atoms with E-state index >= 15 is 0 Å². The summed E-state index contributed by atoms with van der Waals surface area (Å²) in [6, 6.07) is 11.9. The van der Waals surface area contributed by atoms with Gasteiger partial charge in [-0.3, -0.25) is 15.0 Å². The molecule has 0 saturated carbocycles. The first kappa shape index (κ1) is 13.8. The normalized spacial score (nSPS) is 9.68. The molecule has 4 heteroatoms. The molecule has 0 saturated heterocycles. The van der Waals surface area contributed by atoms with Crippen LogP contribution in [0.3, 0.4) is 0 Å². The molecule has 3 heterocycles. The fraction of sp³-hybridized carbons (Fsp3) is 0. The second-order valence-corrected chi connectivity index (χ2v) is 3.88. The quantitative estimate of drug-likeness (QED) is 0.726. The van der Waals surface area contributed by atoms with Gasteiger partial charge in [-0.15, -0.1) is 0 Å². The number of aromatic nitrogens is 3. The molecule has 0 fully saturated rings. The molecule has 0 aliphatic heterocycles. The van der Waals surface area contributed by atoms with E-state index in [0.29, 0.717) is 0 Å². The van der Waals surface area contributed by atoms with Gasteiger partial charge in [-0.05, 0) is 24.3 Å². The zero-order chi connectivity index (χ0) is 12.2. The predicted octanol–water partition coefficient (Wildman–Crippen LogP) is 3.20. The second-order valence-electron chi connectivity index (χ2n) is 3.88. The van der Waals surface area contributed by atoms with Gasteiger partial charge in [0.1, 0.15) is 0 Å². The largest absolute Gasteiger partial charge is 0.264 e. The van der Waals surface area contributed by atoms with E-state index in [2.05, 4.69) is 15.0 Å². The molecule has 3 aromatic rings. The average molecular weight is 324 g/mol. The van der Waals surface area contributed by atoms with Crippen LogP contribution < -0.4 is 0 Å². The Hall–Kier alpha value is -1.67. The second kappa shape index (κ2) is 6.49. The van der Waals surface area contributed by atoms with Crippen molar-refractivity contribution in [2.45, 2.75) is 0 Å². The maximum absolute atomic E-state index is 4.46. The maximum Gasteiger partial charge on any atom is 0.0796 e. The predicted molar refractivity (Wildman–Crippen MR) is 70.7 cm³/mol. The van der Waals surface area contributed by atoms with Crippen LogP contribution in [0.5, 0.6) is 0 Å². The van der Waals surface area contributed by atoms with Crippen LogP contribution in [-0.2, 0) is 26.2 Å². The minimum atomic E-state index is 0. The van der Waals surface area contributed by atoms with E-state index in [9.17, 15) is 0 Å². The van der Waals surface area contributed by atoms with Gasteiger partial charge < -0.3 is 0 Å². The summed E-state index contributed by atoms with van der Waals surface area (Å²) in [6.07, 6.45) is 8.99. The van der Waals surface area contributed by atoms with Crippen LogP contribution in [0, 0.1) is 0 Å². The van der Waals surface area contributed by atoms with E-state index in [1.54, 1.807) is 18.6 Å². The Labute approximate surface area is 130 Å². The van der Waals surface area contributed by atoms with Gasteiger partial charge in [0.25, 0.3) is 0 Å². The van der Waals surface area contributed by atoms with E-state index in [1.807, 2.05) is 48.8 Å². The van der Waals surface area contributed by atoms with Crippen LogP contribution >= 0.6 is 0 Å². The Morgan fingerprint density at radius 1 is 0.684 bits per heavy atom. The van der Waals surface area contributed by atoms with Crippen LogP contribution in [0.4, 0.5) is 0 Å². The SMILES string of the molecule is [Zr].c1cncc(-c2cccnc2-c2cccnc2)c1. The number of hydrogen-bond donors (Lipinski definition) is 0. The molecular formula is C15H11N3Zr. The minimum absolute atomic E-state index is 0. The Bertz CT molecular complexity index is 583. The molecule has 0 aliphatic carbocycles. The molecule has 90 valence electrons. The number of pyridine rings is 3. The van der Waals surface area contributed by atoms with Crippen molar-refractivity contribution in [3.63, 3.8) is 0 Å². The van der Waals surface area contributed by atoms with Gasteiger partial charge >= 0.3 is 0 Å². The van der Waals surface area contributed by atoms with Crippen LogP contribution in [0.2, 0.25) is 0 Å². The van der Waals surface area contributed by atoms with Gasteiger partial charge in [-0.25, -0.2) is 0 Å². The Balaban J connectivity index is 0.00000133. The van der Waals surface area contributed by atoms with E-state index < -0.39 is 0 Å². The van der Waals surface area contributed by atoms with Crippen LogP contribution in [0.25, 0.3) is 22.4 Å². The topological polar surface area (TPSA) is 38.7 Å². The van der Waals surface area contributed by atoms with Gasteiger partial charge in [0.15, 0.2) is 0 Å². The summed E-state index contributed by atoms with van der Waals surface area (Å²) in [4.78, 5) is 12.8. The smallest absolute Gasteiger partial charge is 0.0796 e. The van der Waals surface area contributed by atoms with Crippen LogP contribution in [-0.4, -0.2) is 15.0 Å². The molecule has 0 unspecified atom stereocenters. The molecule has 0 radical (unpaired) electrons. The summed E-state index contributed by atoms with van der Waals surface area (Å²) in [7, 11) is 0. The van der Waals surface area contributed by atoms with Crippen molar-refractivity contribution in [3.05, 3.63) is 67.4 Å². The van der Waals surface area contributed by atoms with Crippen molar-refractivity contribution in [3.8, 4) is 22.4 Å². The molecule has 0 amide bonds. The first-order valence-electron chi connectivity index (χ1n) is 5.71. The standard InChI is InChI=1S/C15H11N3.Zr/c1-4-12(10-16-7-1)14-6-3-9-18-15(14)13-5-2-8-17-11-13;/h1-11H;. The molecule has 3 aromatic heterocycles. The molecule has 19 heavy (non-hydrogen) atoms. The van der Waals surface area contributed by atoms with Crippen LogP contribution in [0.15, 0.2) is 67.4 Å². The zero-order valence-electron chi connectivity index (χ0n) is 10.2. The maximum atomic E-state index is 4.46. The number of rotatable bonds is 2. The monoisotopic (exact) mass is 323 g/mol. The van der Waals surface area contributed by atoms with Crippen molar-refractivity contribution in [1.82, 2.24) is 15.0 Å². The fourth-order valence-electron chi connectivity index (χ4n) is 1.89. The molecule has 0 N–H and O–H groups in total. The van der Waals surface area contributed by atoms with Gasteiger partial charge in [0.05, 0.1) is 5.69 Å². The Kier molecular flexibility index (Phi) is 4.70. The molecule has 3 rings (SSSR count). The molecule has 0 atom stereocenters. The number of hydrogen-bond acceptors (Lipinski definition) is 3. The minimum Gasteiger partial charge on any atom is -0.264 e. The van der Waals surface area contributed by atoms with Gasteiger partial charge in [0, 0.05) is 73.9 Å². The summed E-state index contributed by atoms with van der Waals surface area (Å²) in [5.74, 6) is 0. The summed E-state index contributed by atoms with van der Waals surface area (Å²) in [6.45, 7) is 0. The summed E-state index contributed by atoms with van der Waals surface area (Å²) < 4.78 is 0. The van der Waals surface area contributed by atoms with Crippen molar-refractivity contribution in [1.29, 1.82) is 0 Å². The molecular weight excluding hydrogens is 313 g/mol. The third-order valence-electron chi connectivity index (χ3n) is 2.72. The third-order valence-corrected chi connectivity index (χ3v) is 2.72. The fourth-order valence-corrected chi connectivity index (χ4v) is 1.89. The average Bonchev–Trinajstić information content (AvgIpc) is 2.49. The summed E-state index contributed by atoms with van der Waals surface area (Å²) in [5, 5.41) is 0. The molecule has 0 aliphatic rings. The summed E-state index contributed by atoms with van der Waals surface area (Å²) in [5.41, 5.74) is 4.07. The van der Waals surface area contributed by atoms with E-state index in [-0.39, 0.29) is 26.2 Å². The van der Waals surface area contributed by atoms with Gasteiger partial charge in [0.2, 0.25) is 0 Å².